The van der Waals surface area contributed by atoms with Crippen LogP contribution in [0.4, 0.5) is 0 Å². The van der Waals surface area contributed by atoms with Gasteiger partial charge < -0.3 is 14.8 Å². The number of hydrogen-bond donors (Lipinski definition) is 1. The Hall–Kier alpha value is -0.610. The lowest BCUT2D eigenvalue weighted by Crippen LogP contribution is -2.23. The van der Waals surface area contributed by atoms with Crippen molar-refractivity contribution in [2.45, 2.75) is 25.0 Å². The van der Waals surface area contributed by atoms with Crippen LogP contribution >= 0.6 is 11.6 Å². The van der Waals surface area contributed by atoms with Crippen LogP contribution in [0.3, 0.4) is 0 Å². The molecule has 1 heterocycles. The third-order valence-electron chi connectivity index (χ3n) is 3.14. The summed E-state index contributed by atoms with van der Waals surface area (Å²) in [6.45, 7) is 2.31. The summed E-state index contributed by atoms with van der Waals surface area (Å²) in [6, 6.07) is 7.82. The van der Waals surface area contributed by atoms with E-state index in [1.54, 1.807) is 0 Å². The molecule has 0 aliphatic carbocycles. The fourth-order valence-corrected chi connectivity index (χ4v) is 2.26. The number of rotatable bonds is 6. The van der Waals surface area contributed by atoms with Crippen LogP contribution in [0.15, 0.2) is 24.3 Å². The van der Waals surface area contributed by atoms with Gasteiger partial charge in [-0.3, -0.25) is 0 Å². The monoisotopic (exact) mass is 269 g/mol. The highest BCUT2D eigenvalue weighted by Crippen LogP contribution is 2.21. The van der Waals surface area contributed by atoms with E-state index in [2.05, 4.69) is 5.32 Å². The Morgan fingerprint density at radius 2 is 2.22 bits per heavy atom. The molecule has 4 heteroatoms. The van der Waals surface area contributed by atoms with Gasteiger partial charge in [0.2, 0.25) is 0 Å². The van der Waals surface area contributed by atoms with Crippen LogP contribution in [0.2, 0.25) is 5.02 Å². The first-order valence-electron chi connectivity index (χ1n) is 6.43. The van der Waals surface area contributed by atoms with Crippen molar-refractivity contribution in [3.63, 3.8) is 0 Å². The second kappa shape index (κ2) is 7.10. The summed E-state index contributed by atoms with van der Waals surface area (Å²) in [6.07, 6.45) is 2.56. The van der Waals surface area contributed by atoms with Crippen molar-refractivity contribution < 1.29 is 9.47 Å². The van der Waals surface area contributed by atoms with Crippen molar-refractivity contribution in [2.24, 2.45) is 0 Å². The molecule has 0 bridgehead atoms. The van der Waals surface area contributed by atoms with Crippen LogP contribution in [0.5, 0.6) is 0 Å². The first-order chi connectivity index (χ1) is 8.79. The van der Waals surface area contributed by atoms with E-state index >= 15 is 0 Å². The summed E-state index contributed by atoms with van der Waals surface area (Å²) in [5.41, 5.74) is 1.15. The lowest BCUT2D eigenvalue weighted by molar-refractivity contribution is -0.0204. The van der Waals surface area contributed by atoms with Gasteiger partial charge in [-0.1, -0.05) is 23.7 Å². The van der Waals surface area contributed by atoms with Crippen molar-refractivity contribution in [1.29, 1.82) is 0 Å². The predicted octanol–water partition coefficient (Wildman–Crippen LogP) is 2.80. The Bertz CT molecular complexity index is 349. The molecule has 0 saturated carbocycles. The van der Waals surface area contributed by atoms with Gasteiger partial charge in [-0.05, 0) is 37.6 Å². The Kier molecular flexibility index (Phi) is 5.45. The highest BCUT2D eigenvalue weighted by Gasteiger charge is 2.19. The average Bonchev–Trinajstić information content (AvgIpc) is 2.89. The minimum absolute atomic E-state index is 0.0523. The molecule has 1 saturated heterocycles. The van der Waals surface area contributed by atoms with E-state index in [4.69, 9.17) is 21.1 Å². The van der Waals surface area contributed by atoms with Gasteiger partial charge in [0, 0.05) is 18.2 Å². The summed E-state index contributed by atoms with van der Waals surface area (Å²) in [5.74, 6) is 0. The minimum Gasteiger partial charge on any atom is -0.376 e. The number of halogens is 1. The number of likely N-dealkylation sites (N-methyl/N-ethyl adjacent to an activating group) is 1. The van der Waals surface area contributed by atoms with Crippen LogP contribution in [0.1, 0.15) is 24.5 Å². The maximum Gasteiger partial charge on any atom is 0.0950 e. The molecule has 1 aromatic carbocycles. The van der Waals surface area contributed by atoms with Gasteiger partial charge in [-0.25, -0.2) is 0 Å². The minimum atomic E-state index is 0.0523. The molecule has 0 amide bonds. The van der Waals surface area contributed by atoms with Crippen LogP contribution in [-0.4, -0.2) is 32.9 Å². The van der Waals surface area contributed by atoms with E-state index in [1.165, 1.54) is 0 Å². The molecule has 2 unspecified atom stereocenters. The molecule has 3 nitrogen and oxygen atoms in total. The summed E-state index contributed by atoms with van der Waals surface area (Å²) >= 11 is 5.90. The number of hydrogen-bond acceptors (Lipinski definition) is 3. The number of benzene rings is 1. The Balaban J connectivity index is 1.91. The Morgan fingerprint density at radius 3 is 2.83 bits per heavy atom. The van der Waals surface area contributed by atoms with Crippen LogP contribution < -0.4 is 5.32 Å². The van der Waals surface area contributed by atoms with Gasteiger partial charge >= 0.3 is 0 Å². The molecule has 0 aromatic heterocycles. The molecule has 1 N–H and O–H groups in total. The van der Waals surface area contributed by atoms with Crippen LogP contribution in [0.25, 0.3) is 0 Å². The normalized spacial score (nSPS) is 21.1. The highest BCUT2D eigenvalue weighted by molar-refractivity contribution is 6.30. The third kappa shape index (κ3) is 3.95. The Labute approximate surface area is 113 Å². The maximum atomic E-state index is 5.96. The number of nitrogens with one attached hydrogen (secondary N) is 1. The predicted molar refractivity (Wildman–Crippen MR) is 73.0 cm³/mol. The molecule has 0 spiro atoms. The quantitative estimate of drug-likeness (QED) is 0.861. The van der Waals surface area contributed by atoms with Gasteiger partial charge in [0.15, 0.2) is 0 Å². The second-order valence-electron chi connectivity index (χ2n) is 4.57. The average molecular weight is 270 g/mol. The largest absolute Gasteiger partial charge is 0.376 e. The van der Waals surface area contributed by atoms with E-state index in [0.717, 1.165) is 36.6 Å². The first kappa shape index (κ1) is 13.8. The van der Waals surface area contributed by atoms with Crippen molar-refractivity contribution in [2.75, 3.05) is 26.8 Å². The molecule has 1 fully saturated rings. The van der Waals surface area contributed by atoms with Gasteiger partial charge in [0.25, 0.3) is 0 Å². The molecule has 1 aliphatic rings. The van der Waals surface area contributed by atoms with Crippen molar-refractivity contribution >= 4 is 11.6 Å². The van der Waals surface area contributed by atoms with Crippen molar-refractivity contribution in [3.05, 3.63) is 34.9 Å². The zero-order valence-electron chi connectivity index (χ0n) is 10.7. The summed E-state index contributed by atoms with van der Waals surface area (Å²) in [4.78, 5) is 0. The fraction of sp³-hybridized carbons (Fsp3) is 0.571. The van der Waals surface area contributed by atoms with Gasteiger partial charge in [0.1, 0.15) is 0 Å². The van der Waals surface area contributed by atoms with E-state index in [9.17, 15) is 0 Å². The molecular weight excluding hydrogens is 250 g/mol. The van der Waals surface area contributed by atoms with Gasteiger partial charge in [-0.15, -0.1) is 0 Å². The molecule has 1 aromatic rings. The maximum absolute atomic E-state index is 5.96. The van der Waals surface area contributed by atoms with Crippen molar-refractivity contribution in [1.82, 2.24) is 5.32 Å². The van der Waals surface area contributed by atoms with Crippen molar-refractivity contribution in [3.8, 4) is 0 Å². The molecule has 100 valence electrons. The lowest BCUT2D eigenvalue weighted by Gasteiger charge is -2.20. The molecule has 2 atom stereocenters. The zero-order valence-corrected chi connectivity index (χ0v) is 11.5. The van der Waals surface area contributed by atoms with Gasteiger partial charge in [-0.2, -0.15) is 0 Å². The third-order valence-corrected chi connectivity index (χ3v) is 3.39. The summed E-state index contributed by atoms with van der Waals surface area (Å²) in [7, 11) is 1.93. The second-order valence-corrected chi connectivity index (χ2v) is 5.00. The molecule has 18 heavy (non-hydrogen) atoms. The standard InChI is InChI=1S/C14H20ClNO2/c1-16-9-14(11-4-6-12(15)7-5-11)18-10-13-3-2-8-17-13/h4-7,13-14,16H,2-3,8-10H2,1H3. The molecule has 1 aliphatic heterocycles. The number of ether oxygens (including phenoxy) is 2. The first-order valence-corrected chi connectivity index (χ1v) is 6.80. The zero-order chi connectivity index (χ0) is 12.8. The van der Waals surface area contributed by atoms with Crippen LogP contribution in [0, 0.1) is 0 Å². The summed E-state index contributed by atoms with van der Waals surface area (Å²) < 4.78 is 11.5. The lowest BCUT2D eigenvalue weighted by atomic mass is 10.1. The highest BCUT2D eigenvalue weighted by atomic mass is 35.5. The molecule has 2 rings (SSSR count). The molecular formula is C14H20ClNO2. The van der Waals surface area contributed by atoms with E-state index in [0.29, 0.717) is 6.61 Å². The smallest absolute Gasteiger partial charge is 0.0950 e. The van der Waals surface area contributed by atoms with E-state index in [1.807, 2.05) is 31.3 Å². The molecule has 0 radical (unpaired) electrons. The topological polar surface area (TPSA) is 30.5 Å². The summed E-state index contributed by atoms with van der Waals surface area (Å²) in [5, 5.41) is 3.91. The van der Waals surface area contributed by atoms with E-state index in [-0.39, 0.29) is 12.2 Å². The Morgan fingerprint density at radius 1 is 1.44 bits per heavy atom. The van der Waals surface area contributed by atoms with E-state index < -0.39 is 0 Å². The van der Waals surface area contributed by atoms with Gasteiger partial charge in [0.05, 0.1) is 18.8 Å². The fourth-order valence-electron chi connectivity index (χ4n) is 2.14. The SMILES string of the molecule is CNCC(OCC1CCCO1)c1ccc(Cl)cc1. The van der Waals surface area contributed by atoms with Crippen LogP contribution in [-0.2, 0) is 9.47 Å².